The molecule has 1 fully saturated rings. The molecule has 0 unspecified atom stereocenters. The van der Waals surface area contributed by atoms with E-state index in [2.05, 4.69) is 33.5 Å². The molecule has 28 heavy (non-hydrogen) atoms. The Hall–Kier alpha value is -2.73. The van der Waals surface area contributed by atoms with E-state index in [0.29, 0.717) is 11.1 Å². The molecule has 0 spiro atoms. The van der Waals surface area contributed by atoms with Crippen molar-refractivity contribution in [2.75, 3.05) is 0 Å². The monoisotopic (exact) mass is 394 g/mol. The van der Waals surface area contributed by atoms with Crippen LogP contribution in [0.2, 0.25) is 5.15 Å². The molecule has 2 aliphatic rings. The molecule has 4 rings (SSSR count). The number of hydrogen-bond donors (Lipinski definition) is 1. The average Bonchev–Trinajstić information content (AvgIpc) is 3.33. The highest BCUT2D eigenvalue weighted by atomic mass is 35.5. The van der Waals surface area contributed by atoms with E-state index in [1.165, 1.54) is 25.7 Å². The van der Waals surface area contributed by atoms with Gasteiger partial charge in [-0.25, -0.2) is 4.98 Å². The van der Waals surface area contributed by atoms with Crippen LogP contribution >= 0.6 is 11.6 Å². The standard InChI is InChI=1S/C21H23ClN6/c1-14-7-8-23-19-10-20(22)24-12-17(19)21(16-11-25-28(2)13-16)27-26-18(9-14)15-5-3-4-6-15/h7-13,15,26H,3-6H2,1-2H3/b14-7?,18-9?,23-8?,27-21-. The van der Waals surface area contributed by atoms with E-state index >= 15 is 0 Å². The van der Waals surface area contributed by atoms with E-state index in [0.717, 1.165) is 33.8 Å². The molecular formula is C21H23ClN6. The maximum atomic E-state index is 6.13. The van der Waals surface area contributed by atoms with E-state index < -0.39 is 0 Å². The Balaban J connectivity index is 1.85. The van der Waals surface area contributed by atoms with Crippen LogP contribution in [-0.2, 0) is 7.05 Å². The summed E-state index contributed by atoms with van der Waals surface area (Å²) in [5, 5.41) is 9.50. The van der Waals surface area contributed by atoms with Crippen molar-refractivity contribution in [3.05, 3.63) is 64.4 Å². The second-order valence-electron chi connectivity index (χ2n) is 7.27. The zero-order chi connectivity index (χ0) is 19.5. The summed E-state index contributed by atoms with van der Waals surface area (Å²) in [6, 6.07) is 1.76. The van der Waals surface area contributed by atoms with Crippen molar-refractivity contribution in [1.82, 2.24) is 20.2 Å². The first kappa shape index (κ1) is 18.6. The van der Waals surface area contributed by atoms with Crippen LogP contribution in [-0.4, -0.2) is 26.7 Å². The third kappa shape index (κ3) is 4.07. The van der Waals surface area contributed by atoms with Gasteiger partial charge in [0.15, 0.2) is 0 Å². The minimum absolute atomic E-state index is 0.398. The van der Waals surface area contributed by atoms with Gasteiger partial charge < -0.3 is 0 Å². The molecule has 2 aromatic rings. The fraction of sp³-hybridized carbons (Fsp3) is 0.333. The molecular weight excluding hydrogens is 372 g/mol. The summed E-state index contributed by atoms with van der Waals surface area (Å²) in [5.41, 5.74) is 8.79. The highest BCUT2D eigenvalue weighted by Gasteiger charge is 2.21. The Morgan fingerprint density at radius 1 is 1.21 bits per heavy atom. The summed E-state index contributed by atoms with van der Waals surface area (Å²) in [5.74, 6) is 0.503. The van der Waals surface area contributed by atoms with Gasteiger partial charge in [0.2, 0.25) is 0 Å². The number of nitrogens with one attached hydrogen (secondary N) is 1. The number of pyridine rings is 1. The van der Waals surface area contributed by atoms with Gasteiger partial charge in [-0.15, -0.1) is 0 Å². The molecule has 144 valence electrons. The third-order valence-electron chi connectivity index (χ3n) is 5.11. The Morgan fingerprint density at radius 3 is 2.79 bits per heavy atom. The van der Waals surface area contributed by atoms with E-state index in [-0.39, 0.29) is 0 Å². The SMILES string of the molecule is CC1=CC=Nc2cc(Cl)ncc2/C(c2cnn(C)c2)=N\NC(C2CCCC2)=C1. The van der Waals surface area contributed by atoms with Crippen molar-refractivity contribution in [3.63, 3.8) is 0 Å². The molecule has 0 aromatic carbocycles. The number of nitrogens with zero attached hydrogens (tertiary/aromatic N) is 5. The molecule has 0 radical (unpaired) electrons. The molecule has 0 saturated heterocycles. The van der Waals surface area contributed by atoms with Gasteiger partial charge in [0.1, 0.15) is 10.9 Å². The zero-order valence-electron chi connectivity index (χ0n) is 16.1. The van der Waals surface area contributed by atoms with Gasteiger partial charge in [0.05, 0.1) is 11.9 Å². The minimum atomic E-state index is 0.398. The number of aryl methyl sites for hydroxylation is 1. The number of allylic oxidation sites excluding steroid dienone is 4. The number of aliphatic imine (C=N–C) groups is 1. The summed E-state index contributed by atoms with van der Waals surface area (Å²) < 4.78 is 1.76. The molecule has 0 amide bonds. The van der Waals surface area contributed by atoms with Crippen LogP contribution in [0.1, 0.15) is 43.7 Å². The first-order chi connectivity index (χ1) is 13.6. The highest BCUT2D eigenvalue weighted by Crippen LogP contribution is 2.31. The second kappa shape index (κ2) is 8.10. The molecule has 1 N–H and O–H groups in total. The Bertz CT molecular complexity index is 992. The van der Waals surface area contributed by atoms with Gasteiger partial charge in [-0.3, -0.25) is 15.1 Å². The van der Waals surface area contributed by atoms with Crippen LogP contribution in [0.3, 0.4) is 0 Å². The van der Waals surface area contributed by atoms with Crippen LogP contribution in [0, 0.1) is 5.92 Å². The van der Waals surface area contributed by atoms with Crippen molar-refractivity contribution in [1.29, 1.82) is 0 Å². The summed E-state index contributed by atoms with van der Waals surface area (Å²) in [6.45, 7) is 2.08. The van der Waals surface area contributed by atoms with E-state index in [4.69, 9.17) is 16.7 Å². The van der Waals surface area contributed by atoms with Crippen LogP contribution in [0.5, 0.6) is 0 Å². The lowest BCUT2D eigenvalue weighted by Crippen LogP contribution is -2.17. The number of halogens is 1. The first-order valence-electron chi connectivity index (χ1n) is 9.51. The minimum Gasteiger partial charge on any atom is -0.282 e. The van der Waals surface area contributed by atoms with Gasteiger partial charge in [-0.1, -0.05) is 24.4 Å². The molecule has 6 nitrogen and oxygen atoms in total. The molecule has 1 aliphatic heterocycles. The fourth-order valence-corrected chi connectivity index (χ4v) is 3.81. The first-order valence-corrected chi connectivity index (χ1v) is 9.89. The van der Waals surface area contributed by atoms with Crippen LogP contribution in [0.25, 0.3) is 0 Å². The van der Waals surface area contributed by atoms with Gasteiger partial charge in [-0.05, 0) is 37.5 Å². The van der Waals surface area contributed by atoms with Crippen molar-refractivity contribution >= 4 is 29.2 Å². The normalized spacial score (nSPS) is 19.8. The summed E-state index contributed by atoms with van der Waals surface area (Å²) in [4.78, 5) is 8.88. The number of rotatable bonds is 2. The highest BCUT2D eigenvalue weighted by molar-refractivity contribution is 6.30. The van der Waals surface area contributed by atoms with Gasteiger partial charge >= 0.3 is 0 Å². The number of hydrazone groups is 1. The van der Waals surface area contributed by atoms with Crippen LogP contribution in [0.15, 0.2) is 58.2 Å². The topological polar surface area (TPSA) is 67.5 Å². The average molecular weight is 395 g/mol. The van der Waals surface area contributed by atoms with E-state index in [9.17, 15) is 0 Å². The van der Waals surface area contributed by atoms with Crippen LogP contribution in [0.4, 0.5) is 5.69 Å². The van der Waals surface area contributed by atoms with E-state index in [1.807, 2.05) is 19.3 Å². The predicted molar refractivity (Wildman–Crippen MR) is 113 cm³/mol. The lowest BCUT2D eigenvalue weighted by Gasteiger charge is -2.16. The predicted octanol–water partition coefficient (Wildman–Crippen LogP) is 4.55. The lowest BCUT2D eigenvalue weighted by molar-refractivity contribution is 0.586. The van der Waals surface area contributed by atoms with Crippen LogP contribution < -0.4 is 5.43 Å². The lowest BCUT2D eigenvalue weighted by atomic mass is 10.0. The molecule has 0 atom stereocenters. The number of hydrogen-bond acceptors (Lipinski definition) is 5. The third-order valence-corrected chi connectivity index (χ3v) is 5.31. The van der Waals surface area contributed by atoms with Crippen molar-refractivity contribution in [2.45, 2.75) is 32.6 Å². The molecule has 3 heterocycles. The molecule has 2 aromatic heterocycles. The van der Waals surface area contributed by atoms with Crippen molar-refractivity contribution in [3.8, 4) is 0 Å². The number of fused-ring (bicyclic) bond motifs is 1. The zero-order valence-corrected chi connectivity index (χ0v) is 16.8. The molecule has 1 saturated carbocycles. The molecule has 7 heteroatoms. The summed E-state index contributed by atoms with van der Waals surface area (Å²) in [6.07, 6.45) is 16.3. The van der Waals surface area contributed by atoms with Gasteiger partial charge in [0.25, 0.3) is 0 Å². The maximum absolute atomic E-state index is 6.13. The second-order valence-corrected chi connectivity index (χ2v) is 7.66. The van der Waals surface area contributed by atoms with Crippen molar-refractivity contribution < 1.29 is 0 Å². The Labute approximate surface area is 169 Å². The summed E-state index contributed by atoms with van der Waals surface area (Å²) in [7, 11) is 1.89. The van der Waals surface area contributed by atoms with E-state index in [1.54, 1.807) is 29.4 Å². The fourth-order valence-electron chi connectivity index (χ4n) is 3.66. The Morgan fingerprint density at radius 2 is 2.04 bits per heavy atom. The quantitative estimate of drug-likeness (QED) is 0.760. The largest absolute Gasteiger partial charge is 0.282 e. The van der Waals surface area contributed by atoms with Gasteiger partial charge in [0, 0.05) is 54.5 Å². The number of aromatic nitrogens is 3. The molecule has 0 bridgehead atoms. The maximum Gasteiger partial charge on any atom is 0.131 e. The smallest absolute Gasteiger partial charge is 0.131 e. The van der Waals surface area contributed by atoms with Gasteiger partial charge in [-0.2, -0.15) is 10.2 Å². The molecule has 1 aliphatic carbocycles. The Kier molecular flexibility index (Phi) is 5.39. The summed E-state index contributed by atoms with van der Waals surface area (Å²) >= 11 is 6.13. The van der Waals surface area contributed by atoms with Crippen molar-refractivity contribution in [2.24, 2.45) is 23.1 Å².